The van der Waals surface area contributed by atoms with Crippen LogP contribution in [0.5, 0.6) is 0 Å². The fourth-order valence-electron chi connectivity index (χ4n) is 2.97. The van der Waals surface area contributed by atoms with Crippen LogP contribution >= 0.6 is 11.6 Å². The molecule has 0 aromatic heterocycles. The molecule has 0 aliphatic heterocycles. The van der Waals surface area contributed by atoms with E-state index < -0.39 is 6.10 Å². The summed E-state index contributed by atoms with van der Waals surface area (Å²) in [6.45, 7) is -0.136. The van der Waals surface area contributed by atoms with Crippen molar-refractivity contribution in [3.05, 3.63) is 45.0 Å². The molecule has 4 nitrogen and oxygen atoms in total. The summed E-state index contributed by atoms with van der Waals surface area (Å²) in [6, 6.07) is 7.16. The van der Waals surface area contributed by atoms with Crippen LogP contribution in [0.3, 0.4) is 0 Å². The Bertz CT molecular complexity index is 435. The van der Waals surface area contributed by atoms with E-state index in [1.54, 1.807) is 12.1 Å². The standard InChI is InChI=1S/C14H18ClNO3/c15-11-7-5-10(6-8-11)13(9-16(18)19)12-3-1-2-4-14(12)17/h5-8,12-14,17H,1-4,9H2/t12?,13-,14?/m0/s1. The Hall–Kier alpha value is -1.13. The molecule has 0 radical (unpaired) electrons. The molecule has 1 N–H and O–H groups in total. The Labute approximate surface area is 117 Å². The maximum atomic E-state index is 10.9. The number of halogens is 1. The highest BCUT2D eigenvalue weighted by molar-refractivity contribution is 6.30. The third-order valence-corrected chi connectivity index (χ3v) is 4.19. The lowest BCUT2D eigenvalue weighted by molar-refractivity contribution is -0.485. The first-order chi connectivity index (χ1) is 9.08. The van der Waals surface area contributed by atoms with E-state index in [0.717, 1.165) is 31.2 Å². The van der Waals surface area contributed by atoms with Crippen molar-refractivity contribution >= 4 is 11.6 Å². The molecule has 1 fully saturated rings. The summed E-state index contributed by atoms with van der Waals surface area (Å²) in [6.07, 6.45) is 3.19. The largest absolute Gasteiger partial charge is 0.393 e. The van der Waals surface area contributed by atoms with Crippen molar-refractivity contribution in [2.24, 2.45) is 5.92 Å². The van der Waals surface area contributed by atoms with E-state index in [1.165, 1.54) is 0 Å². The summed E-state index contributed by atoms with van der Waals surface area (Å²) in [5.74, 6) is -0.261. The molecule has 1 saturated carbocycles. The van der Waals surface area contributed by atoms with Gasteiger partial charge in [0.25, 0.3) is 0 Å². The van der Waals surface area contributed by atoms with Crippen LogP contribution in [0, 0.1) is 16.0 Å². The summed E-state index contributed by atoms with van der Waals surface area (Å²) in [7, 11) is 0. The molecule has 3 atom stereocenters. The zero-order valence-corrected chi connectivity index (χ0v) is 11.4. The molecule has 104 valence electrons. The Morgan fingerprint density at radius 2 is 1.95 bits per heavy atom. The molecule has 19 heavy (non-hydrogen) atoms. The molecule has 0 saturated heterocycles. The number of rotatable bonds is 4. The number of aliphatic hydroxyl groups excluding tert-OH is 1. The van der Waals surface area contributed by atoms with Crippen LogP contribution in [0.4, 0.5) is 0 Å². The molecular formula is C14H18ClNO3. The molecule has 5 heteroatoms. The molecule has 1 aliphatic rings. The van der Waals surface area contributed by atoms with Gasteiger partial charge in [-0.2, -0.15) is 0 Å². The second kappa shape index (κ2) is 6.35. The van der Waals surface area contributed by atoms with Crippen molar-refractivity contribution in [1.29, 1.82) is 0 Å². The maximum absolute atomic E-state index is 10.9. The van der Waals surface area contributed by atoms with Gasteiger partial charge in [-0.05, 0) is 36.5 Å². The minimum atomic E-state index is -0.436. The predicted octanol–water partition coefficient (Wildman–Crippen LogP) is 3.25. The third-order valence-electron chi connectivity index (χ3n) is 3.94. The van der Waals surface area contributed by atoms with Crippen molar-refractivity contribution in [2.75, 3.05) is 6.54 Å². The molecule has 2 rings (SSSR count). The van der Waals surface area contributed by atoms with E-state index in [-0.39, 0.29) is 23.3 Å². The van der Waals surface area contributed by atoms with Crippen molar-refractivity contribution in [2.45, 2.75) is 37.7 Å². The first-order valence-electron chi connectivity index (χ1n) is 6.63. The van der Waals surface area contributed by atoms with Gasteiger partial charge in [0.1, 0.15) is 0 Å². The number of hydrogen-bond acceptors (Lipinski definition) is 3. The van der Waals surface area contributed by atoms with Crippen LogP contribution in [0.15, 0.2) is 24.3 Å². The van der Waals surface area contributed by atoms with Crippen LogP contribution in [0.1, 0.15) is 37.2 Å². The van der Waals surface area contributed by atoms with Gasteiger partial charge in [0.2, 0.25) is 6.54 Å². The highest BCUT2D eigenvalue weighted by atomic mass is 35.5. The number of nitro groups is 1. The Morgan fingerprint density at radius 1 is 1.32 bits per heavy atom. The van der Waals surface area contributed by atoms with Crippen molar-refractivity contribution in [3.63, 3.8) is 0 Å². The highest BCUT2D eigenvalue weighted by Gasteiger charge is 2.34. The van der Waals surface area contributed by atoms with Gasteiger partial charge in [-0.1, -0.05) is 36.6 Å². The number of hydrogen-bond donors (Lipinski definition) is 1. The van der Waals surface area contributed by atoms with E-state index in [2.05, 4.69) is 0 Å². The van der Waals surface area contributed by atoms with E-state index in [4.69, 9.17) is 11.6 Å². The smallest absolute Gasteiger partial charge is 0.211 e. The van der Waals surface area contributed by atoms with Gasteiger partial charge in [0.05, 0.1) is 12.0 Å². The molecule has 0 amide bonds. The van der Waals surface area contributed by atoms with Gasteiger partial charge >= 0.3 is 0 Å². The summed E-state index contributed by atoms with van der Waals surface area (Å²) in [4.78, 5) is 10.6. The van der Waals surface area contributed by atoms with Gasteiger partial charge in [0.15, 0.2) is 0 Å². The average Bonchev–Trinajstić information content (AvgIpc) is 2.38. The molecule has 0 bridgehead atoms. The Kier molecular flexibility index (Phi) is 4.77. The normalized spacial score (nSPS) is 24.9. The second-order valence-corrected chi connectivity index (χ2v) is 5.63. The number of benzene rings is 1. The van der Waals surface area contributed by atoms with E-state index in [9.17, 15) is 15.2 Å². The van der Waals surface area contributed by atoms with Crippen LogP contribution in [-0.4, -0.2) is 22.7 Å². The average molecular weight is 284 g/mol. The van der Waals surface area contributed by atoms with E-state index >= 15 is 0 Å². The summed E-state index contributed by atoms with van der Waals surface area (Å²) in [5, 5.41) is 21.6. The third kappa shape index (κ3) is 3.67. The summed E-state index contributed by atoms with van der Waals surface area (Å²) in [5.41, 5.74) is 0.895. The highest BCUT2D eigenvalue weighted by Crippen LogP contribution is 2.36. The summed E-state index contributed by atoms with van der Waals surface area (Å²) >= 11 is 5.85. The Morgan fingerprint density at radius 3 is 2.53 bits per heavy atom. The fourth-order valence-corrected chi connectivity index (χ4v) is 3.09. The number of aliphatic hydroxyl groups is 1. The van der Waals surface area contributed by atoms with Gasteiger partial charge < -0.3 is 5.11 Å². The molecule has 1 aromatic rings. The zero-order chi connectivity index (χ0) is 13.8. The quantitative estimate of drug-likeness (QED) is 0.681. The maximum Gasteiger partial charge on any atom is 0.211 e. The molecule has 0 heterocycles. The lowest BCUT2D eigenvalue weighted by Gasteiger charge is -2.32. The SMILES string of the molecule is O=[N+]([O-])C[C@@H](c1ccc(Cl)cc1)C1CCCCC1O. The van der Waals surface area contributed by atoms with Gasteiger partial charge in [-0.25, -0.2) is 0 Å². The lowest BCUT2D eigenvalue weighted by Crippen LogP contribution is -2.33. The second-order valence-electron chi connectivity index (χ2n) is 5.19. The molecule has 0 spiro atoms. The predicted molar refractivity (Wildman–Crippen MR) is 74.0 cm³/mol. The van der Waals surface area contributed by atoms with Crippen LogP contribution in [0.25, 0.3) is 0 Å². The van der Waals surface area contributed by atoms with Crippen LogP contribution in [-0.2, 0) is 0 Å². The lowest BCUT2D eigenvalue weighted by atomic mass is 9.75. The molecular weight excluding hydrogens is 266 g/mol. The van der Waals surface area contributed by atoms with Crippen LogP contribution < -0.4 is 0 Å². The van der Waals surface area contributed by atoms with Gasteiger partial charge in [0, 0.05) is 9.95 Å². The Balaban J connectivity index is 2.24. The fraction of sp³-hybridized carbons (Fsp3) is 0.571. The van der Waals surface area contributed by atoms with Crippen LogP contribution in [0.2, 0.25) is 5.02 Å². The minimum Gasteiger partial charge on any atom is -0.393 e. The van der Waals surface area contributed by atoms with Gasteiger partial charge in [-0.15, -0.1) is 0 Å². The van der Waals surface area contributed by atoms with Crippen molar-refractivity contribution in [3.8, 4) is 0 Å². The van der Waals surface area contributed by atoms with E-state index in [0.29, 0.717) is 5.02 Å². The first-order valence-corrected chi connectivity index (χ1v) is 7.01. The summed E-state index contributed by atoms with van der Waals surface area (Å²) < 4.78 is 0. The molecule has 1 aromatic carbocycles. The topological polar surface area (TPSA) is 63.4 Å². The van der Waals surface area contributed by atoms with E-state index in [1.807, 2.05) is 12.1 Å². The van der Waals surface area contributed by atoms with Crippen molar-refractivity contribution < 1.29 is 10.0 Å². The number of nitrogens with zero attached hydrogens (tertiary/aromatic N) is 1. The van der Waals surface area contributed by atoms with Gasteiger partial charge in [-0.3, -0.25) is 10.1 Å². The monoisotopic (exact) mass is 283 g/mol. The minimum absolute atomic E-state index is 0.0275. The van der Waals surface area contributed by atoms with Crippen molar-refractivity contribution in [1.82, 2.24) is 0 Å². The zero-order valence-electron chi connectivity index (χ0n) is 10.7. The first kappa shape index (κ1) is 14.3. The molecule has 2 unspecified atom stereocenters. The molecule has 1 aliphatic carbocycles.